The molecule has 5 atom stereocenters. The van der Waals surface area contributed by atoms with Crippen LogP contribution in [0.15, 0.2) is 48.0 Å². The van der Waals surface area contributed by atoms with Gasteiger partial charge in [0.15, 0.2) is 0 Å². The van der Waals surface area contributed by atoms with Crippen molar-refractivity contribution in [3.05, 3.63) is 48.0 Å². The van der Waals surface area contributed by atoms with E-state index in [2.05, 4.69) is 15.0 Å². The lowest BCUT2D eigenvalue weighted by Crippen LogP contribution is -2.57. The van der Waals surface area contributed by atoms with Crippen LogP contribution in [-0.4, -0.2) is 94.2 Å². The van der Waals surface area contributed by atoms with Crippen LogP contribution in [0.4, 0.5) is 0 Å². The number of hydrogen-bond donors (Lipinski definition) is 2. The van der Waals surface area contributed by atoms with E-state index in [1.54, 1.807) is 25.0 Å². The zero-order valence-corrected chi connectivity index (χ0v) is 28.9. The van der Waals surface area contributed by atoms with E-state index < -0.39 is 50.8 Å². The second kappa shape index (κ2) is 13.3. The molecule has 1 saturated heterocycles. The fourth-order valence-electron chi connectivity index (χ4n) is 6.54. The molecule has 4 heterocycles. The fraction of sp³-hybridized carbons (Fsp3) is 0.515. The number of methoxy groups -OCH3 is 1. The van der Waals surface area contributed by atoms with Crippen LogP contribution in [0.3, 0.4) is 0 Å². The van der Waals surface area contributed by atoms with Gasteiger partial charge in [0.25, 0.3) is 11.8 Å². The molecule has 0 spiro atoms. The predicted octanol–water partition coefficient (Wildman–Crippen LogP) is 2.85. The van der Waals surface area contributed by atoms with Gasteiger partial charge >= 0.3 is 0 Å². The molecule has 2 saturated carbocycles. The lowest BCUT2D eigenvalue weighted by molar-refractivity contribution is -0.147. The topological polar surface area (TPSA) is 175 Å². The summed E-state index contributed by atoms with van der Waals surface area (Å²) in [7, 11) is -2.25. The van der Waals surface area contributed by atoms with Crippen molar-refractivity contribution in [3.63, 3.8) is 0 Å². The summed E-state index contributed by atoms with van der Waals surface area (Å²) >= 11 is 1.42. The van der Waals surface area contributed by atoms with Gasteiger partial charge in [-0.25, -0.2) is 13.4 Å². The maximum atomic E-state index is 14.2. The Morgan fingerprint density at radius 2 is 1.92 bits per heavy atom. The van der Waals surface area contributed by atoms with Gasteiger partial charge in [-0.3, -0.25) is 19.1 Å². The predicted molar refractivity (Wildman–Crippen MR) is 180 cm³/mol. The van der Waals surface area contributed by atoms with Crippen molar-refractivity contribution in [2.24, 2.45) is 5.92 Å². The van der Waals surface area contributed by atoms with Crippen LogP contribution >= 0.6 is 11.3 Å². The molecule has 2 aliphatic heterocycles. The van der Waals surface area contributed by atoms with Crippen LogP contribution in [0.2, 0.25) is 0 Å². The van der Waals surface area contributed by atoms with Crippen molar-refractivity contribution >= 4 is 39.1 Å². The molecule has 5 unspecified atom stereocenters. The van der Waals surface area contributed by atoms with E-state index in [1.165, 1.54) is 16.2 Å². The summed E-state index contributed by atoms with van der Waals surface area (Å²) < 4.78 is 38.9. The highest BCUT2D eigenvalue weighted by atomic mass is 32.2. The van der Waals surface area contributed by atoms with Gasteiger partial charge < -0.3 is 19.7 Å². The van der Waals surface area contributed by atoms with Gasteiger partial charge in [-0.1, -0.05) is 12.2 Å². The number of allylic oxidation sites excluding steroid dienone is 1. The van der Waals surface area contributed by atoms with Crippen molar-refractivity contribution in [3.8, 4) is 27.7 Å². The largest absolute Gasteiger partial charge is 0.497 e. The Bertz CT molecular complexity index is 1860. The van der Waals surface area contributed by atoms with Gasteiger partial charge in [-0.2, -0.15) is 9.90 Å². The molecule has 16 heteroatoms. The summed E-state index contributed by atoms with van der Waals surface area (Å²) in [4.78, 5) is 49.2. The number of amides is 3. The van der Waals surface area contributed by atoms with Gasteiger partial charge in [0.05, 0.1) is 18.4 Å². The smallest absolute Gasteiger partial charge is 0.259 e. The molecule has 3 amide bonds. The molecule has 14 nitrogen and oxygen atoms in total. The average Bonchev–Trinajstić information content (AvgIpc) is 3.85. The Labute approximate surface area is 288 Å². The minimum atomic E-state index is -3.84. The fourth-order valence-corrected chi connectivity index (χ4v) is 8.53. The number of nitrogens with zero attached hydrogens (tertiary/aromatic N) is 5. The minimum Gasteiger partial charge on any atom is -0.497 e. The maximum Gasteiger partial charge on any atom is 0.259 e. The first-order valence-corrected chi connectivity index (χ1v) is 19.0. The zero-order chi connectivity index (χ0) is 34.3. The van der Waals surface area contributed by atoms with E-state index in [9.17, 15) is 22.8 Å². The third-order valence-electron chi connectivity index (χ3n) is 9.63. The molecule has 3 fully saturated rings. The van der Waals surface area contributed by atoms with Crippen molar-refractivity contribution in [2.75, 3.05) is 20.3 Å². The summed E-state index contributed by atoms with van der Waals surface area (Å²) in [5.74, 6) is -1.34. The van der Waals surface area contributed by atoms with Crippen molar-refractivity contribution < 1.29 is 32.3 Å². The number of fused-ring (bicyclic) bond motifs is 2. The molecule has 0 radical (unpaired) electrons. The number of thiazole rings is 1. The summed E-state index contributed by atoms with van der Waals surface area (Å²) in [6.07, 6.45) is 8.39. The van der Waals surface area contributed by atoms with E-state index in [4.69, 9.17) is 19.7 Å². The second-order valence-corrected chi connectivity index (χ2v) is 15.9. The maximum absolute atomic E-state index is 14.2. The molecule has 2 N–H and O–H groups in total. The van der Waals surface area contributed by atoms with Crippen LogP contribution in [0.25, 0.3) is 22.0 Å². The second-order valence-electron chi connectivity index (χ2n) is 13.1. The van der Waals surface area contributed by atoms with Crippen LogP contribution in [-0.2, 0) is 29.1 Å². The van der Waals surface area contributed by atoms with Gasteiger partial charge in [-0.05, 0) is 69.7 Å². The number of benzene rings is 1. The SMILES string of the molecule is COc1ccc(-c2nn(C3CC4C(=O)NC5(C(=O)NS(=O)(=O)C6CC6)CC5C=CCCCCOC(C)C(=O)N4C3)nc2-c2nccs2)cc1. The van der Waals surface area contributed by atoms with Crippen molar-refractivity contribution in [2.45, 2.75) is 80.8 Å². The van der Waals surface area contributed by atoms with E-state index in [-0.39, 0.29) is 31.2 Å². The van der Waals surface area contributed by atoms with E-state index in [0.717, 1.165) is 24.8 Å². The monoisotopic (exact) mass is 709 g/mol. The van der Waals surface area contributed by atoms with Crippen LogP contribution in [0.5, 0.6) is 5.75 Å². The van der Waals surface area contributed by atoms with Gasteiger partial charge in [0.2, 0.25) is 15.9 Å². The Balaban J connectivity index is 1.21. The minimum absolute atomic E-state index is 0.122. The number of ether oxygens (including phenoxy) is 2. The third-order valence-corrected chi connectivity index (χ3v) is 12.2. The average molecular weight is 710 g/mol. The Kier molecular flexibility index (Phi) is 9.04. The number of carbonyl (C=O) groups excluding carboxylic acids is 3. The van der Waals surface area contributed by atoms with E-state index >= 15 is 0 Å². The number of sulfonamides is 1. The molecule has 3 aromatic rings. The summed E-state index contributed by atoms with van der Waals surface area (Å²) in [5.41, 5.74) is 0.517. The first kappa shape index (κ1) is 33.4. The highest BCUT2D eigenvalue weighted by Gasteiger charge is 2.62. The summed E-state index contributed by atoms with van der Waals surface area (Å²) in [6, 6.07) is 5.95. The van der Waals surface area contributed by atoms with Crippen molar-refractivity contribution in [1.82, 2.24) is 34.9 Å². The highest BCUT2D eigenvalue weighted by Crippen LogP contribution is 2.46. The number of aromatic nitrogens is 4. The summed E-state index contributed by atoms with van der Waals surface area (Å²) in [5, 5.41) is 14.5. The normalized spacial score (nSPS) is 27.8. The van der Waals surface area contributed by atoms with Gasteiger partial charge in [-0.15, -0.1) is 16.4 Å². The Hall–Kier alpha value is -4.15. The number of nitrogens with one attached hydrogen (secondary N) is 2. The Morgan fingerprint density at radius 3 is 2.63 bits per heavy atom. The standard InChI is InChI=1S/C33H39N7O7S2/c1-20-31(42)39-19-23(40-36-27(21-8-10-24(46-2)11-9-21)28(37-40)30-34-14-16-48-30)17-26(39)29(41)35-33(32(43)38-49(44,45)25-12-13-25)18-22(33)7-5-3-4-6-15-47-20/h5,7-11,14,16,20,22-23,25-26H,3-4,6,12-13,15,17-19H2,1-2H3,(H,35,41)(H,38,43). The first-order valence-electron chi connectivity index (χ1n) is 16.6. The lowest BCUT2D eigenvalue weighted by atomic mass is 10.1. The molecule has 49 heavy (non-hydrogen) atoms. The molecule has 2 aliphatic carbocycles. The zero-order valence-electron chi connectivity index (χ0n) is 27.3. The van der Waals surface area contributed by atoms with Crippen molar-refractivity contribution in [1.29, 1.82) is 0 Å². The molecule has 0 bridgehead atoms. The van der Waals surface area contributed by atoms with E-state index in [1.807, 2.05) is 41.8 Å². The Morgan fingerprint density at radius 1 is 1.14 bits per heavy atom. The van der Waals surface area contributed by atoms with Gasteiger partial charge in [0.1, 0.15) is 39.8 Å². The molecule has 1 aromatic carbocycles. The number of rotatable bonds is 7. The van der Waals surface area contributed by atoms with Gasteiger partial charge in [0, 0.05) is 42.6 Å². The first-order chi connectivity index (χ1) is 23.6. The molecule has 260 valence electrons. The van der Waals surface area contributed by atoms with E-state index in [0.29, 0.717) is 41.6 Å². The molecule has 4 aliphatic rings. The summed E-state index contributed by atoms with van der Waals surface area (Å²) in [6.45, 7) is 2.18. The highest BCUT2D eigenvalue weighted by molar-refractivity contribution is 7.91. The number of carbonyl (C=O) groups is 3. The van der Waals surface area contributed by atoms with Crippen LogP contribution < -0.4 is 14.8 Å². The third kappa shape index (κ3) is 6.73. The molecule has 2 aromatic heterocycles. The molecular weight excluding hydrogens is 671 g/mol. The van der Waals surface area contributed by atoms with Crippen LogP contribution in [0, 0.1) is 5.92 Å². The van der Waals surface area contributed by atoms with Crippen LogP contribution in [0.1, 0.15) is 57.9 Å². The molecular formula is C33H39N7O7S2. The number of hydrogen-bond acceptors (Lipinski definition) is 11. The lowest BCUT2D eigenvalue weighted by Gasteiger charge is -2.28. The molecule has 7 rings (SSSR count). The quantitative estimate of drug-likeness (QED) is 0.347.